The molecule has 1 atom stereocenters. The van der Waals surface area contributed by atoms with Crippen LogP contribution in [-0.4, -0.2) is 44.8 Å². The molecule has 0 aliphatic carbocycles. The van der Waals surface area contributed by atoms with Crippen molar-refractivity contribution in [3.05, 3.63) is 59.7 Å². The molecule has 2 aromatic carbocycles. The summed E-state index contributed by atoms with van der Waals surface area (Å²) in [6.45, 7) is 1.49. The number of esters is 1. The first-order valence-corrected chi connectivity index (χ1v) is 11.6. The fraction of sp³-hybridized carbons (Fsp3) is 0.300. The minimum Gasteiger partial charge on any atom is -0.457 e. The zero-order valence-corrected chi connectivity index (χ0v) is 17.3. The molecule has 2 aromatic rings. The second kappa shape index (κ2) is 8.36. The minimum absolute atomic E-state index is 0.127. The predicted molar refractivity (Wildman–Crippen MR) is 109 cm³/mol. The second-order valence-corrected chi connectivity index (χ2v) is 9.55. The van der Waals surface area contributed by atoms with Gasteiger partial charge in [0.2, 0.25) is 10.0 Å². The van der Waals surface area contributed by atoms with E-state index in [-0.39, 0.29) is 24.2 Å². The van der Waals surface area contributed by atoms with Gasteiger partial charge in [-0.3, -0.25) is 13.9 Å². The van der Waals surface area contributed by atoms with E-state index in [0.29, 0.717) is 17.7 Å². The molecule has 0 spiro atoms. The monoisotopic (exact) mass is 419 g/mol. The van der Waals surface area contributed by atoms with Gasteiger partial charge in [0.15, 0.2) is 12.4 Å². The molecule has 1 aliphatic rings. The number of fused-ring (bicyclic) bond motifs is 1. The van der Waals surface area contributed by atoms with E-state index >= 15 is 0 Å². The molecular weight excluding hydrogens is 398 g/mol. The third-order valence-corrected chi connectivity index (χ3v) is 6.63. The summed E-state index contributed by atoms with van der Waals surface area (Å²) in [5.41, 5.74) is 1.81. The SMILES string of the molecule is C[C@H]1Cc2cc(C(=O)COC(=O)CSc3ccccc3)ccc2N1S(C)(=O)=O. The van der Waals surface area contributed by atoms with Crippen molar-refractivity contribution >= 4 is 39.2 Å². The van der Waals surface area contributed by atoms with Gasteiger partial charge in [0.05, 0.1) is 17.7 Å². The number of benzene rings is 2. The van der Waals surface area contributed by atoms with Crippen LogP contribution in [0.25, 0.3) is 0 Å². The van der Waals surface area contributed by atoms with Gasteiger partial charge in [-0.1, -0.05) is 18.2 Å². The van der Waals surface area contributed by atoms with Crippen LogP contribution < -0.4 is 4.31 Å². The molecule has 3 rings (SSSR count). The van der Waals surface area contributed by atoms with Crippen LogP contribution in [0.5, 0.6) is 0 Å². The Morgan fingerprint density at radius 1 is 1.18 bits per heavy atom. The summed E-state index contributed by atoms with van der Waals surface area (Å²) in [6.07, 6.45) is 1.71. The number of sulfonamides is 1. The van der Waals surface area contributed by atoms with Gasteiger partial charge in [0.1, 0.15) is 0 Å². The number of hydrogen-bond acceptors (Lipinski definition) is 6. The second-order valence-electron chi connectivity index (χ2n) is 6.64. The number of hydrogen-bond donors (Lipinski definition) is 0. The van der Waals surface area contributed by atoms with Gasteiger partial charge in [0.25, 0.3) is 0 Å². The van der Waals surface area contributed by atoms with Gasteiger partial charge < -0.3 is 4.74 Å². The van der Waals surface area contributed by atoms with E-state index in [9.17, 15) is 18.0 Å². The lowest BCUT2D eigenvalue weighted by atomic mass is 10.0. The van der Waals surface area contributed by atoms with Gasteiger partial charge >= 0.3 is 5.97 Å². The maximum Gasteiger partial charge on any atom is 0.316 e. The molecule has 0 saturated heterocycles. The summed E-state index contributed by atoms with van der Waals surface area (Å²) in [6, 6.07) is 14.2. The lowest BCUT2D eigenvalue weighted by Gasteiger charge is -2.21. The Kier molecular flexibility index (Phi) is 6.10. The standard InChI is InChI=1S/C20H21NO5S2/c1-14-10-16-11-15(8-9-18(16)21(14)28(2,24)25)19(22)12-26-20(23)13-27-17-6-4-3-5-7-17/h3-9,11,14H,10,12-13H2,1-2H3/t14-/m0/s1. The Balaban J connectivity index is 1.58. The molecule has 0 radical (unpaired) electrons. The first-order chi connectivity index (χ1) is 13.3. The minimum atomic E-state index is -3.37. The zero-order valence-electron chi connectivity index (χ0n) is 15.6. The van der Waals surface area contributed by atoms with Crippen LogP contribution in [0.1, 0.15) is 22.8 Å². The van der Waals surface area contributed by atoms with Crippen LogP contribution in [0, 0.1) is 0 Å². The van der Waals surface area contributed by atoms with Crippen LogP contribution in [0.2, 0.25) is 0 Å². The lowest BCUT2D eigenvalue weighted by Crippen LogP contribution is -2.34. The normalized spacial score (nSPS) is 15.9. The first-order valence-electron chi connectivity index (χ1n) is 8.74. The summed E-state index contributed by atoms with van der Waals surface area (Å²) in [5, 5.41) is 0. The third-order valence-electron chi connectivity index (χ3n) is 4.38. The number of nitrogens with zero attached hydrogens (tertiary/aromatic N) is 1. The van der Waals surface area contributed by atoms with Crippen LogP contribution >= 0.6 is 11.8 Å². The average molecular weight is 420 g/mol. The summed E-state index contributed by atoms with van der Waals surface area (Å²) in [7, 11) is -3.37. The molecule has 0 amide bonds. The third kappa shape index (κ3) is 4.74. The van der Waals surface area contributed by atoms with E-state index < -0.39 is 16.0 Å². The van der Waals surface area contributed by atoms with Crippen molar-refractivity contribution in [2.24, 2.45) is 0 Å². The molecular formula is C20H21NO5S2. The number of Topliss-reactive ketones (excluding diaryl/α,β-unsaturated/α-hetero) is 1. The zero-order chi connectivity index (χ0) is 20.3. The number of carbonyl (C=O) groups is 2. The molecule has 0 fully saturated rings. The number of ether oxygens (including phenoxy) is 1. The number of thioether (sulfide) groups is 1. The fourth-order valence-corrected chi connectivity index (χ4v) is 5.19. The molecule has 1 heterocycles. The van der Waals surface area contributed by atoms with Crippen LogP contribution in [0.3, 0.4) is 0 Å². The molecule has 0 unspecified atom stereocenters. The predicted octanol–water partition coefficient (Wildman–Crippen LogP) is 2.92. The van der Waals surface area contributed by atoms with Crippen molar-refractivity contribution in [2.75, 3.05) is 22.9 Å². The first kappa shape index (κ1) is 20.4. The van der Waals surface area contributed by atoms with E-state index in [0.717, 1.165) is 10.5 Å². The van der Waals surface area contributed by atoms with Crippen molar-refractivity contribution in [1.82, 2.24) is 0 Å². The van der Waals surface area contributed by atoms with Crippen LogP contribution in [0.15, 0.2) is 53.4 Å². The van der Waals surface area contributed by atoms with Gasteiger partial charge in [0, 0.05) is 16.5 Å². The quantitative estimate of drug-likeness (QED) is 0.390. The summed E-state index contributed by atoms with van der Waals surface area (Å²) in [5.74, 6) is -0.644. The topological polar surface area (TPSA) is 80.8 Å². The highest BCUT2D eigenvalue weighted by molar-refractivity contribution is 8.00. The molecule has 148 valence electrons. The van der Waals surface area contributed by atoms with E-state index in [4.69, 9.17) is 4.74 Å². The Bertz CT molecular complexity index is 989. The van der Waals surface area contributed by atoms with E-state index in [1.807, 2.05) is 37.3 Å². The molecule has 1 aliphatic heterocycles. The molecule has 0 N–H and O–H groups in total. The van der Waals surface area contributed by atoms with Crippen molar-refractivity contribution < 1.29 is 22.7 Å². The molecule has 8 heteroatoms. The number of anilines is 1. The summed E-state index contributed by atoms with van der Waals surface area (Å²) >= 11 is 1.35. The summed E-state index contributed by atoms with van der Waals surface area (Å²) in [4.78, 5) is 25.2. The highest BCUT2D eigenvalue weighted by Crippen LogP contribution is 2.34. The Labute approximate surface area is 168 Å². The number of rotatable bonds is 7. The molecule has 0 saturated carbocycles. The fourth-order valence-electron chi connectivity index (χ4n) is 3.21. The smallest absolute Gasteiger partial charge is 0.316 e. The van der Waals surface area contributed by atoms with Crippen LogP contribution in [-0.2, 0) is 26.0 Å². The van der Waals surface area contributed by atoms with Crippen molar-refractivity contribution in [2.45, 2.75) is 24.3 Å². The van der Waals surface area contributed by atoms with Gasteiger partial charge in [-0.25, -0.2) is 8.42 Å². The molecule has 0 bridgehead atoms. The van der Waals surface area contributed by atoms with Gasteiger partial charge in [-0.05, 0) is 49.2 Å². The van der Waals surface area contributed by atoms with Crippen molar-refractivity contribution in [3.63, 3.8) is 0 Å². The Morgan fingerprint density at radius 3 is 2.57 bits per heavy atom. The Hall–Kier alpha value is -2.32. The lowest BCUT2D eigenvalue weighted by molar-refractivity contribution is -0.139. The van der Waals surface area contributed by atoms with Crippen LogP contribution in [0.4, 0.5) is 5.69 Å². The van der Waals surface area contributed by atoms with Crippen molar-refractivity contribution in [3.8, 4) is 0 Å². The van der Waals surface area contributed by atoms with E-state index in [1.165, 1.54) is 22.3 Å². The largest absolute Gasteiger partial charge is 0.457 e. The number of carbonyl (C=O) groups excluding carboxylic acids is 2. The Morgan fingerprint density at radius 2 is 1.89 bits per heavy atom. The highest BCUT2D eigenvalue weighted by atomic mass is 32.2. The van der Waals surface area contributed by atoms with Crippen molar-refractivity contribution in [1.29, 1.82) is 0 Å². The molecule has 28 heavy (non-hydrogen) atoms. The number of ketones is 1. The van der Waals surface area contributed by atoms with E-state index in [2.05, 4.69) is 0 Å². The maximum atomic E-state index is 12.4. The van der Waals surface area contributed by atoms with Gasteiger partial charge in [-0.15, -0.1) is 11.8 Å². The molecule has 6 nitrogen and oxygen atoms in total. The van der Waals surface area contributed by atoms with Gasteiger partial charge in [-0.2, -0.15) is 0 Å². The highest BCUT2D eigenvalue weighted by Gasteiger charge is 2.32. The molecule has 0 aromatic heterocycles. The average Bonchev–Trinajstić information content (AvgIpc) is 3.00. The maximum absolute atomic E-state index is 12.4. The van der Waals surface area contributed by atoms with E-state index in [1.54, 1.807) is 18.2 Å². The summed E-state index contributed by atoms with van der Waals surface area (Å²) < 4.78 is 30.4.